The fourth-order valence-corrected chi connectivity index (χ4v) is 3.64. The van der Waals surface area contributed by atoms with Gasteiger partial charge in [-0.2, -0.15) is 0 Å². The fourth-order valence-electron chi connectivity index (χ4n) is 2.86. The summed E-state index contributed by atoms with van der Waals surface area (Å²) in [6, 6.07) is 7.31. The minimum Gasteiger partial charge on any atom is -0.361 e. The maximum atomic E-state index is 12.4. The standard InChI is InChI=1S/C15H13N3O3S/c19-13-8-22-15(21)18(13)11-6-17(7-11)14(20)10-2-1-9-3-4-16-12(9)5-10/h1-5,11,16H,6-8H2. The number of fused-ring (bicyclic) bond motifs is 1. The second-order valence-corrected chi connectivity index (χ2v) is 6.39. The number of carbonyl (C=O) groups excluding carboxylic acids is 3. The number of amides is 3. The molecular formula is C15H13N3O3S. The van der Waals surface area contributed by atoms with Gasteiger partial charge >= 0.3 is 0 Å². The molecule has 3 heterocycles. The number of nitrogens with one attached hydrogen (secondary N) is 1. The smallest absolute Gasteiger partial charge is 0.289 e. The zero-order valence-electron chi connectivity index (χ0n) is 11.6. The van der Waals surface area contributed by atoms with Crippen LogP contribution >= 0.6 is 11.8 Å². The highest BCUT2D eigenvalue weighted by molar-refractivity contribution is 8.14. The highest BCUT2D eigenvalue weighted by Crippen LogP contribution is 2.27. The molecule has 1 N–H and O–H groups in total. The van der Waals surface area contributed by atoms with Gasteiger partial charge in [0.2, 0.25) is 5.91 Å². The predicted molar refractivity (Wildman–Crippen MR) is 82.7 cm³/mol. The van der Waals surface area contributed by atoms with E-state index in [4.69, 9.17) is 0 Å². The number of thioether (sulfide) groups is 1. The zero-order valence-corrected chi connectivity index (χ0v) is 12.4. The van der Waals surface area contributed by atoms with Gasteiger partial charge in [0.25, 0.3) is 11.1 Å². The summed E-state index contributed by atoms with van der Waals surface area (Å²) in [6.07, 6.45) is 1.83. The average molecular weight is 315 g/mol. The molecule has 0 bridgehead atoms. The lowest BCUT2D eigenvalue weighted by molar-refractivity contribution is -0.128. The molecular weight excluding hydrogens is 302 g/mol. The number of nitrogens with zero attached hydrogens (tertiary/aromatic N) is 2. The largest absolute Gasteiger partial charge is 0.361 e. The molecule has 2 saturated heterocycles. The molecule has 4 rings (SSSR count). The lowest BCUT2D eigenvalue weighted by Gasteiger charge is -2.42. The predicted octanol–water partition coefficient (Wildman–Crippen LogP) is 1.69. The molecule has 0 atom stereocenters. The maximum Gasteiger partial charge on any atom is 0.289 e. The molecule has 0 spiro atoms. The third-order valence-electron chi connectivity index (χ3n) is 4.10. The summed E-state index contributed by atoms with van der Waals surface area (Å²) < 4.78 is 0. The van der Waals surface area contributed by atoms with Crippen LogP contribution in [0.25, 0.3) is 10.9 Å². The maximum absolute atomic E-state index is 12.4. The van der Waals surface area contributed by atoms with Gasteiger partial charge in [-0.05, 0) is 23.6 Å². The molecule has 7 heteroatoms. The quantitative estimate of drug-likeness (QED) is 0.915. The number of imide groups is 1. The molecule has 2 aromatic rings. The molecule has 1 aromatic heterocycles. The Morgan fingerprint density at radius 2 is 2.05 bits per heavy atom. The van der Waals surface area contributed by atoms with Crippen molar-refractivity contribution in [1.29, 1.82) is 0 Å². The third kappa shape index (κ3) is 2.00. The van der Waals surface area contributed by atoms with E-state index in [-0.39, 0.29) is 28.8 Å². The summed E-state index contributed by atoms with van der Waals surface area (Å²) in [5.41, 5.74) is 1.53. The Labute approximate surface area is 130 Å². The van der Waals surface area contributed by atoms with Crippen molar-refractivity contribution < 1.29 is 14.4 Å². The van der Waals surface area contributed by atoms with E-state index in [1.807, 2.05) is 24.4 Å². The number of H-pyrrole nitrogens is 1. The average Bonchev–Trinajstić information content (AvgIpc) is 3.05. The second-order valence-electron chi connectivity index (χ2n) is 5.46. The third-order valence-corrected chi connectivity index (χ3v) is 4.94. The summed E-state index contributed by atoms with van der Waals surface area (Å²) >= 11 is 1.03. The van der Waals surface area contributed by atoms with Crippen molar-refractivity contribution in [1.82, 2.24) is 14.8 Å². The number of hydrogen-bond donors (Lipinski definition) is 1. The number of carbonyl (C=O) groups is 3. The van der Waals surface area contributed by atoms with Crippen molar-refractivity contribution in [3.8, 4) is 0 Å². The Kier molecular flexibility index (Phi) is 2.97. The molecule has 0 aliphatic carbocycles. The van der Waals surface area contributed by atoms with E-state index in [1.165, 1.54) is 4.90 Å². The molecule has 0 radical (unpaired) electrons. The normalized spacial score (nSPS) is 19.1. The van der Waals surface area contributed by atoms with E-state index >= 15 is 0 Å². The van der Waals surface area contributed by atoms with Gasteiger partial charge in [-0.3, -0.25) is 19.3 Å². The lowest BCUT2D eigenvalue weighted by atomic mass is 10.0. The summed E-state index contributed by atoms with van der Waals surface area (Å²) in [5, 5.41) is 0.859. The van der Waals surface area contributed by atoms with Gasteiger partial charge in [0.05, 0.1) is 11.8 Å². The van der Waals surface area contributed by atoms with Gasteiger partial charge in [0, 0.05) is 30.4 Å². The van der Waals surface area contributed by atoms with E-state index in [0.29, 0.717) is 18.7 Å². The Hall–Kier alpha value is -2.28. The zero-order chi connectivity index (χ0) is 15.3. The van der Waals surface area contributed by atoms with Crippen molar-refractivity contribution in [2.75, 3.05) is 18.8 Å². The van der Waals surface area contributed by atoms with Crippen LogP contribution in [-0.4, -0.2) is 56.7 Å². The first-order valence-corrected chi connectivity index (χ1v) is 7.97. The summed E-state index contributed by atoms with van der Waals surface area (Å²) in [5.74, 6) is -0.00772. The Morgan fingerprint density at radius 1 is 1.23 bits per heavy atom. The topological polar surface area (TPSA) is 73.5 Å². The van der Waals surface area contributed by atoms with E-state index in [2.05, 4.69) is 4.98 Å². The number of rotatable bonds is 2. The van der Waals surface area contributed by atoms with Crippen LogP contribution in [0.4, 0.5) is 4.79 Å². The number of hydrogen-bond acceptors (Lipinski definition) is 4. The molecule has 1 aromatic carbocycles. The molecule has 6 nitrogen and oxygen atoms in total. The monoisotopic (exact) mass is 315 g/mol. The summed E-state index contributed by atoms with van der Waals surface area (Å²) in [6.45, 7) is 0.833. The van der Waals surface area contributed by atoms with Crippen LogP contribution in [0.15, 0.2) is 30.5 Å². The fraction of sp³-hybridized carbons (Fsp3) is 0.267. The molecule has 2 aliphatic heterocycles. The van der Waals surface area contributed by atoms with Crippen molar-refractivity contribution in [3.63, 3.8) is 0 Å². The first-order chi connectivity index (χ1) is 10.6. The van der Waals surface area contributed by atoms with Crippen molar-refractivity contribution >= 4 is 39.7 Å². The van der Waals surface area contributed by atoms with Crippen LogP contribution in [0.2, 0.25) is 0 Å². The van der Waals surface area contributed by atoms with E-state index in [1.54, 1.807) is 11.0 Å². The van der Waals surface area contributed by atoms with Gasteiger partial charge in [0.1, 0.15) is 0 Å². The van der Waals surface area contributed by atoms with Crippen LogP contribution in [0, 0.1) is 0 Å². The number of aromatic nitrogens is 1. The molecule has 22 heavy (non-hydrogen) atoms. The van der Waals surface area contributed by atoms with Gasteiger partial charge in [-0.15, -0.1) is 0 Å². The van der Waals surface area contributed by atoms with Gasteiger partial charge in [0.15, 0.2) is 0 Å². The Bertz CT molecular complexity index is 778. The SMILES string of the molecule is O=C(c1ccc2cc[nH]c2c1)N1CC(N2C(=O)CSC2=O)C1. The van der Waals surface area contributed by atoms with Crippen molar-refractivity contribution in [2.24, 2.45) is 0 Å². The first kappa shape index (κ1) is 13.4. The number of benzene rings is 1. The van der Waals surface area contributed by atoms with Crippen LogP contribution < -0.4 is 0 Å². The summed E-state index contributed by atoms with van der Waals surface area (Å²) in [4.78, 5) is 41.8. The molecule has 2 aliphatic rings. The van der Waals surface area contributed by atoms with Gasteiger partial charge < -0.3 is 9.88 Å². The van der Waals surface area contributed by atoms with E-state index in [9.17, 15) is 14.4 Å². The second kappa shape index (κ2) is 4.88. The van der Waals surface area contributed by atoms with Crippen molar-refractivity contribution in [2.45, 2.75) is 6.04 Å². The van der Waals surface area contributed by atoms with Crippen LogP contribution in [0.1, 0.15) is 10.4 Å². The van der Waals surface area contributed by atoms with Crippen LogP contribution in [0.5, 0.6) is 0 Å². The van der Waals surface area contributed by atoms with Crippen LogP contribution in [-0.2, 0) is 4.79 Å². The Morgan fingerprint density at radius 3 is 2.77 bits per heavy atom. The van der Waals surface area contributed by atoms with Crippen molar-refractivity contribution in [3.05, 3.63) is 36.0 Å². The highest BCUT2D eigenvalue weighted by atomic mass is 32.2. The minimum absolute atomic E-state index is 0.0699. The molecule has 112 valence electrons. The van der Waals surface area contributed by atoms with E-state index < -0.39 is 0 Å². The number of likely N-dealkylation sites (tertiary alicyclic amines) is 1. The van der Waals surface area contributed by atoms with E-state index in [0.717, 1.165) is 22.7 Å². The molecule has 2 fully saturated rings. The molecule has 3 amide bonds. The molecule has 0 saturated carbocycles. The minimum atomic E-state index is -0.199. The van der Waals surface area contributed by atoms with Gasteiger partial charge in [-0.1, -0.05) is 17.8 Å². The van der Waals surface area contributed by atoms with Gasteiger partial charge in [-0.25, -0.2) is 0 Å². The summed E-state index contributed by atoms with van der Waals surface area (Å²) in [7, 11) is 0. The highest BCUT2D eigenvalue weighted by Gasteiger charge is 2.43. The lowest BCUT2D eigenvalue weighted by Crippen LogP contribution is -2.62. The first-order valence-electron chi connectivity index (χ1n) is 6.99. The van der Waals surface area contributed by atoms with Crippen LogP contribution in [0.3, 0.4) is 0 Å². The number of aromatic amines is 1. The molecule has 0 unspecified atom stereocenters. The Balaban J connectivity index is 1.47.